The Morgan fingerprint density at radius 2 is 1.71 bits per heavy atom. The largest absolute Gasteiger partial charge is 0.618 e. The van der Waals surface area contributed by atoms with Crippen LogP contribution in [0.2, 0.25) is 0 Å². The highest BCUT2D eigenvalue weighted by Gasteiger charge is 2.64. The van der Waals surface area contributed by atoms with Gasteiger partial charge in [-0.3, -0.25) is 20.2 Å². The number of halogens is 1. The number of nitro groups is 2. The number of hydrogen-bond acceptors (Lipinski definition) is 6. The number of alkyl halides is 1. The Hall–Kier alpha value is -1.35. The molecule has 0 amide bonds. The monoisotopic (exact) mass is 212 g/mol. The molecule has 0 aliphatic heterocycles. The Bertz CT molecular complexity index is 220. The molecule has 1 unspecified atom stereocenters. The lowest BCUT2D eigenvalue weighted by molar-refractivity contribution is -0.841. The Balaban J connectivity index is 4.96. The number of nitrogens with zero attached hydrogens (tertiary/aromatic N) is 2. The minimum absolute atomic E-state index is 0.561. The molecule has 0 heterocycles. The van der Waals surface area contributed by atoms with Crippen molar-refractivity contribution in [3.05, 3.63) is 20.2 Å². The van der Waals surface area contributed by atoms with Crippen LogP contribution in [0.1, 0.15) is 6.42 Å². The summed E-state index contributed by atoms with van der Waals surface area (Å²) in [5, 5.41) is 37.2. The van der Waals surface area contributed by atoms with E-state index in [1.807, 2.05) is 0 Å². The average Bonchev–Trinajstić information content (AvgIpc) is 2.12. The first-order valence-corrected chi connectivity index (χ1v) is 3.60. The number of aliphatic hydroxyl groups is 2. The van der Waals surface area contributed by atoms with Crippen LogP contribution in [0.15, 0.2) is 0 Å². The molecule has 82 valence electrons. The molecule has 0 fully saturated rings. The third-order valence-corrected chi connectivity index (χ3v) is 1.73. The van der Waals surface area contributed by atoms with Gasteiger partial charge in [0.05, 0.1) is 6.61 Å². The Morgan fingerprint density at radius 1 is 1.29 bits per heavy atom. The molecule has 2 N–H and O–H groups in total. The van der Waals surface area contributed by atoms with E-state index in [-0.39, 0.29) is 0 Å². The van der Waals surface area contributed by atoms with Gasteiger partial charge < -0.3 is 10.2 Å². The van der Waals surface area contributed by atoms with Gasteiger partial charge in [0, 0.05) is 6.61 Å². The molecular weight excluding hydrogens is 203 g/mol. The predicted molar refractivity (Wildman–Crippen MR) is 40.1 cm³/mol. The first-order chi connectivity index (χ1) is 6.41. The Labute approximate surface area is 77.3 Å². The lowest BCUT2D eigenvalue weighted by Gasteiger charge is -2.15. The van der Waals surface area contributed by atoms with Crippen molar-refractivity contribution in [1.82, 2.24) is 0 Å². The van der Waals surface area contributed by atoms with Crippen LogP contribution in [0, 0.1) is 26.1 Å². The highest BCUT2D eigenvalue weighted by Crippen LogP contribution is 2.26. The van der Waals surface area contributed by atoms with Gasteiger partial charge in [0.15, 0.2) is 5.92 Å². The van der Waals surface area contributed by atoms with Crippen molar-refractivity contribution in [3.8, 4) is 0 Å². The molecule has 0 radical (unpaired) electrons. The van der Waals surface area contributed by atoms with E-state index in [4.69, 9.17) is 10.2 Å². The molecule has 0 aromatic heterocycles. The molecule has 0 rings (SSSR count). The fraction of sp³-hybridized carbons (Fsp3) is 1.00. The van der Waals surface area contributed by atoms with E-state index >= 15 is 0 Å². The average molecular weight is 212 g/mol. The molecule has 0 spiro atoms. The van der Waals surface area contributed by atoms with Gasteiger partial charge in [0.25, 0.3) is 0 Å². The van der Waals surface area contributed by atoms with E-state index in [9.17, 15) is 24.6 Å². The molecule has 0 aliphatic rings. The standard InChI is InChI=1S/C5H9FN2O6/c6-5(7(11)12,8(13)14)4(3-10)1-2-9/h4,9-10H,1-3H2. The van der Waals surface area contributed by atoms with Gasteiger partial charge in [-0.25, -0.2) is 0 Å². The van der Waals surface area contributed by atoms with Crippen LogP contribution < -0.4 is 0 Å². The van der Waals surface area contributed by atoms with E-state index in [2.05, 4.69) is 0 Å². The summed E-state index contributed by atoms with van der Waals surface area (Å²) < 4.78 is 13.2. The van der Waals surface area contributed by atoms with Gasteiger partial charge in [0.2, 0.25) is 0 Å². The second kappa shape index (κ2) is 4.77. The van der Waals surface area contributed by atoms with Crippen molar-refractivity contribution >= 4 is 0 Å². The number of hydrogen-bond donors (Lipinski definition) is 2. The summed E-state index contributed by atoms with van der Waals surface area (Å²) in [5.74, 6) is -5.81. The molecule has 14 heavy (non-hydrogen) atoms. The summed E-state index contributed by atoms with van der Waals surface area (Å²) in [4.78, 5) is 16.8. The summed E-state index contributed by atoms with van der Waals surface area (Å²) in [5.41, 5.74) is 0. The lowest BCUT2D eigenvalue weighted by Crippen LogP contribution is -2.50. The van der Waals surface area contributed by atoms with Crippen molar-refractivity contribution in [2.24, 2.45) is 5.92 Å². The summed E-state index contributed by atoms with van der Waals surface area (Å²) in [7, 11) is 0. The molecule has 0 aliphatic carbocycles. The van der Waals surface area contributed by atoms with Crippen LogP contribution in [0.5, 0.6) is 0 Å². The van der Waals surface area contributed by atoms with Crippen molar-refractivity contribution in [3.63, 3.8) is 0 Å². The first kappa shape index (κ1) is 12.7. The molecular formula is C5H9FN2O6. The SMILES string of the molecule is O=[N+]([O-])C(F)(C(CO)CCO)[N+](=O)[O-]. The number of aliphatic hydroxyl groups excluding tert-OH is 2. The van der Waals surface area contributed by atoms with Crippen molar-refractivity contribution < 1.29 is 24.5 Å². The molecule has 0 aromatic rings. The molecule has 0 aromatic carbocycles. The summed E-state index contributed by atoms with van der Waals surface area (Å²) in [6.07, 6.45) is -0.561. The Kier molecular flexibility index (Phi) is 4.31. The van der Waals surface area contributed by atoms with Crippen LogP contribution in [-0.4, -0.2) is 39.2 Å². The van der Waals surface area contributed by atoms with Crippen LogP contribution in [-0.2, 0) is 0 Å². The number of rotatable bonds is 6. The Morgan fingerprint density at radius 3 is 1.93 bits per heavy atom. The van der Waals surface area contributed by atoms with E-state index in [1.54, 1.807) is 0 Å². The van der Waals surface area contributed by atoms with Crippen molar-refractivity contribution in [2.45, 2.75) is 12.3 Å². The topological polar surface area (TPSA) is 127 Å². The van der Waals surface area contributed by atoms with Crippen LogP contribution in [0.3, 0.4) is 0 Å². The lowest BCUT2D eigenvalue weighted by atomic mass is 10.0. The van der Waals surface area contributed by atoms with Crippen LogP contribution >= 0.6 is 0 Å². The molecule has 1 atom stereocenters. The maximum atomic E-state index is 13.2. The molecule has 8 nitrogen and oxygen atoms in total. The van der Waals surface area contributed by atoms with E-state index < -0.39 is 41.3 Å². The zero-order valence-electron chi connectivity index (χ0n) is 7.00. The fourth-order valence-electron chi connectivity index (χ4n) is 0.912. The maximum absolute atomic E-state index is 13.2. The van der Waals surface area contributed by atoms with Crippen molar-refractivity contribution in [2.75, 3.05) is 13.2 Å². The normalized spacial score (nSPS) is 13.6. The van der Waals surface area contributed by atoms with E-state index in [0.717, 1.165) is 0 Å². The van der Waals surface area contributed by atoms with Crippen LogP contribution in [0.25, 0.3) is 0 Å². The molecule has 0 saturated carbocycles. The van der Waals surface area contributed by atoms with E-state index in [0.29, 0.717) is 0 Å². The first-order valence-electron chi connectivity index (χ1n) is 3.60. The van der Waals surface area contributed by atoms with Gasteiger partial charge in [-0.05, 0) is 6.42 Å². The third-order valence-electron chi connectivity index (χ3n) is 1.73. The van der Waals surface area contributed by atoms with E-state index in [1.165, 1.54) is 0 Å². The highest BCUT2D eigenvalue weighted by atomic mass is 19.2. The van der Waals surface area contributed by atoms with Gasteiger partial charge in [-0.15, -0.1) is 0 Å². The summed E-state index contributed by atoms with van der Waals surface area (Å²) in [6.45, 7) is -1.77. The molecule has 0 bridgehead atoms. The summed E-state index contributed by atoms with van der Waals surface area (Å²) >= 11 is 0. The summed E-state index contributed by atoms with van der Waals surface area (Å²) in [6, 6.07) is 0. The second-order valence-electron chi connectivity index (χ2n) is 2.54. The van der Waals surface area contributed by atoms with Gasteiger partial charge in [-0.1, -0.05) is 4.39 Å². The zero-order valence-corrected chi connectivity index (χ0v) is 7.00. The smallest absolute Gasteiger partial charge is 0.396 e. The van der Waals surface area contributed by atoms with Crippen molar-refractivity contribution in [1.29, 1.82) is 0 Å². The predicted octanol–water partition coefficient (Wildman–Crippen LogP) is -0.846. The third kappa shape index (κ3) is 2.12. The van der Waals surface area contributed by atoms with Gasteiger partial charge in [0.1, 0.15) is 9.85 Å². The minimum Gasteiger partial charge on any atom is -0.396 e. The highest BCUT2D eigenvalue weighted by molar-refractivity contribution is 4.66. The van der Waals surface area contributed by atoms with Gasteiger partial charge >= 0.3 is 5.92 Å². The maximum Gasteiger partial charge on any atom is 0.618 e. The molecule has 0 saturated heterocycles. The minimum atomic E-state index is -3.95. The van der Waals surface area contributed by atoms with Gasteiger partial charge in [-0.2, -0.15) is 0 Å². The fourth-order valence-corrected chi connectivity index (χ4v) is 0.912. The quantitative estimate of drug-likeness (QED) is 0.255. The molecule has 9 heteroatoms. The van der Waals surface area contributed by atoms with Crippen LogP contribution in [0.4, 0.5) is 4.39 Å². The zero-order chi connectivity index (χ0) is 11.4. The second-order valence-corrected chi connectivity index (χ2v) is 2.54.